The first-order chi connectivity index (χ1) is 15.6. The molecule has 0 aromatic carbocycles. The quantitative estimate of drug-likeness (QED) is 0.145. The van der Waals surface area contributed by atoms with Gasteiger partial charge in [-0.3, -0.25) is 0 Å². The van der Waals surface area contributed by atoms with Crippen molar-refractivity contribution in [2.24, 2.45) is 0 Å². The van der Waals surface area contributed by atoms with Crippen LogP contribution in [-0.4, -0.2) is 151 Å². The minimum Gasteiger partial charge on any atom is -0.387 e. The highest BCUT2D eigenvalue weighted by molar-refractivity contribution is 5.00. The predicted octanol–water partition coefficient (Wildman–Crippen LogP) is -4.54. The van der Waals surface area contributed by atoms with E-state index in [0.717, 1.165) is 0 Å². The maximum Gasteiger partial charge on any atom is 0.115 e. The summed E-state index contributed by atoms with van der Waals surface area (Å²) in [7, 11) is 0. The van der Waals surface area contributed by atoms with Gasteiger partial charge < -0.3 is 65.3 Å². The molecular weight excluding hydrogens is 448 g/mol. The summed E-state index contributed by atoms with van der Waals surface area (Å²) < 4.78 is 15.6. The molecule has 2 fully saturated rings. The number of hydrogen-bond acceptors (Lipinski definition) is 13. The van der Waals surface area contributed by atoms with Gasteiger partial charge in [-0.2, -0.15) is 0 Å². The van der Waals surface area contributed by atoms with Crippen LogP contribution in [0.2, 0.25) is 0 Å². The monoisotopic (exact) mass is 490 g/mol. The van der Waals surface area contributed by atoms with Crippen molar-refractivity contribution in [2.75, 3.05) is 26.4 Å². The van der Waals surface area contributed by atoms with E-state index in [9.17, 15) is 51.1 Å². The second-order valence-corrected chi connectivity index (χ2v) is 7.19. The maximum atomic E-state index is 9.82. The Bertz CT molecular complexity index is 425. The minimum atomic E-state index is -1.71. The zero-order valence-electron chi connectivity index (χ0n) is 19.5. The van der Waals surface area contributed by atoms with E-state index in [1.807, 2.05) is 27.7 Å². The summed E-state index contributed by atoms with van der Waals surface area (Å²) in [6.45, 7) is 7.61. The normalized spacial score (nSPS) is 43.1. The average molecular weight is 491 g/mol. The van der Waals surface area contributed by atoms with Gasteiger partial charge in [0.1, 0.15) is 73.2 Å². The molecule has 2 aliphatic rings. The molecule has 2 rings (SSSR count). The van der Waals surface area contributed by atoms with Gasteiger partial charge in [-0.25, -0.2) is 0 Å². The molecule has 2 saturated carbocycles. The molecule has 0 aliphatic heterocycles. The van der Waals surface area contributed by atoms with Gasteiger partial charge in [0.2, 0.25) is 0 Å². The number of ether oxygens (including phenoxy) is 3. The van der Waals surface area contributed by atoms with Crippen molar-refractivity contribution < 1.29 is 65.3 Å². The summed E-state index contributed by atoms with van der Waals surface area (Å²) in [4.78, 5) is 0. The van der Waals surface area contributed by atoms with Gasteiger partial charge in [0.05, 0.1) is 26.4 Å². The molecule has 0 bridgehead atoms. The molecule has 13 heteroatoms. The van der Waals surface area contributed by atoms with Crippen molar-refractivity contribution in [2.45, 2.75) is 101 Å². The maximum absolute atomic E-state index is 9.82. The first kappa shape index (κ1) is 32.5. The van der Waals surface area contributed by atoms with Crippen LogP contribution >= 0.6 is 0 Å². The molecule has 0 radical (unpaired) electrons. The van der Waals surface area contributed by atoms with Crippen molar-refractivity contribution in [3.8, 4) is 0 Å². The smallest absolute Gasteiger partial charge is 0.115 e. The SMILES string of the molecule is CC.CC.OC1C(O)[C@@H](O)C(OCCOCCOC2[C@H](O)C(O)C(O)C(O)[C@@H]2O)[C@@H](O)C1O. The first-order valence-corrected chi connectivity index (χ1v) is 11.2. The van der Waals surface area contributed by atoms with E-state index in [2.05, 4.69) is 0 Å². The fourth-order valence-electron chi connectivity index (χ4n) is 3.38. The molecular formula is C20H42O13. The van der Waals surface area contributed by atoms with Gasteiger partial charge in [-0.1, -0.05) is 27.7 Å². The highest BCUT2D eigenvalue weighted by Crippen LogP contribution is 2.25. The summed E-state index contributed by atoms with van der Waals surface area (Å²) in [6, 6.07) is 0. The minimum absolute atomic E-state index is 0.0478. The van der Waals surface area contributed by atoms with Crippen LogP contribution in [0.5, 0.6) is 0 Å². The standard InChI is InChI=1S/C16H30O13.2C2H6/c17-5-7(19)11(23)15(12(24)8(5)20)28-3-1-27-2-4-29-16-13(25)9(21)6(18)10(22)14(16)26;2*1-2/h5-26H,1-4H2;2*1-2H3/t5?,6?,7?,8?,9?,10?,11-,12+,13-,14+,15?,16?;;. The number of aliphatic hydroxyl groups is 10. The molecule has 0 aromatic heterocycles. The second kappa shape index (κ2) is 16.2. The van der Waals surface area contributed by atoms with Crippen LogP contribution in [0.25, 0.3) is 0 Å². The Morgan fingerprint density at radius 1 is 0.364 bits per heavy atom. The van der Waals surface area contributed by atoms with Gasteiger partial charge in [-0.05, 0) is 0 Å². The number of rotatable bonds is 8. The largest absolute Gasteiger partial charge is 0.387 e. The molecule has 0 heterocycles. The van der Waals surface area contributed by atoms with E-state index in [1.165, 1.54) is 0 Å². The molecule has 10 N–H and O–H groups in total. The Morgan fingerprint density at radius 2 is 0.576 bits per heavy atom. The summed E-state index contributed by atoms with van der Waals surface area (Å²) in [5, 5.41) is 96.6. The molecule has 2 aliphatic carbocycles. The fourth-order valence-corrected chi connectivity index (χ4v) is 3.38. The Hall–Kier alpha value is -0.520. The van der Waals surface area contributed by atoms with Gasteiger partial charge in [0.25, 0.3) is 0 Å². The van der Waals surface area contributed by atoms with Crippen molar-refractivity contribution in [3.63, 3.8) is 0 Å². The first-order valence-electron chi connectivity index (χ1n) is 11.2. The van der Waals surface area contributed by atoms with Crippen LogP contribution in [0, 0.1) is 0 Å². The summed E-state index contributed by atoms with van der Waals surface area (Å²) in [6.07, 6.45) is -19.3. The van der Waals surface area contributed by atoms with E-state index in [1.54, 1.807) is 0 Å². The van der Waals surface area contributed by atoms with Crippen LogP contribution in [0.4, 0.5) is 0 Å². The van der Waals surface area contributed by atoms with Crippen molar-refractivity contribution in [1.82, 2.24) is 0 Å². The summed E-state index contributed by atoms with van der Waals surface area (Å²) >= 11 is 0. The zero-order chi connectivity index (χ0) is 25.9. The number of aliphatic hydroxyl groups excluding tert-OH is 10. The lowest BCUT2D eigenvalue weighted by atomic mass is 9.85. The summed E-state index contributed by atoms with van der Waals surface area (Å²) in [5.74, 6) is 0. The molecule has 200 valence electrons. The van der Waals surface area contributed by atoms with Crippen LogP contribution in [0.3, 0.4) is 0 Å². The van der Waals surface area contributed by atoms with Gasteiger partial charge in [0.15, 0.2) is 0 Å². The predicted molar refractivity (Wildman–Crippen MR) is 113 cm³/mol. The third-order valence-electron chi connectivity index (χ3n) is 5.22. The van der Waals surface area contributed by atoms with Crippen LogP contribution in [0.15, 0.2) is 0 Å². The molecule has 0 amide bonds. The lowest BCUT2D eigenvalue weighted by molar-refractivity contribution is -0.240. The molecule has 33 heavy (non-hydrogen) atoms. The van der Waals surface area contributed by atoms with Gasteiger partial charge in [-0.15, -0.1) is 0 Å². The van der Waals surface area contributed by atoms with E-state index >= 15 is 0 Å². The Balaban J connectivity index is 0.00000242. The third kappa shape index (κ3) is 8.28. The molecule has 13 nitrogen and oxygen atoms in total. The lowest BCUT2D eigenvalue weighted by Crippen LogP contribution is -2.64. The molecule has 0 aromatic rings. The van der Waals surface area contributed by atoms with E-state index < -0.39 is 73.2 Å². The van der Waals surface area contributed by atoms with Crippen molar-refractivity contribution in [1.29, 1.82) is 0 Å². The Morgan fingerprint density at radius 3 is 0.818 bits per heavy atom. The average Bonchev–Trinajstić information content (AvgIpc) is 2.84. The van der Waals surface area contributed by atoms with Crippen molar-refractivity contribution in [3.05, 3.63) is 0 Å². The molecule has 12 atom stereocenters. The Labute approximate surface area is 193 Å². The molecule has 0 saturated heterocycles. The zero-order valence-corrected chi connectivity index (χ0v) is 19.5. The molecule has 0 spiro atoms. The van der Waals surface area contributed by atoms with Crippen LogP contribution in [-0.2, 0) is 14.2 Å². The summed E-state index contributed by atoms with van der Waals surface area (Å²) in [5.41, 5.74) is 0. The molecule has 8 unspecified atom stereocenters. The highest BCUT2D eigenvalue weighted by Gasteiger charge is 2.49. The van der Waals surface area contributed by atoms with Crippen LogP contribution in [0.1, 0.15) is 27.7 Å². The van der Waals surface area contributed by atoms with Gasteiger partial charge >= 0.3 is 0 Å². The fraction of sp³-hybridized carbons (Fsp3) is 1.00. The topological polar surface area (TPSA) is 230 Å². The third-order valence-corrected chi connectivity index (χ3v) is 5.22. The lowest BCUT2D eigenvalue weighted by Gasteiger charge is -2.41. The van der Waals surface area contributed by atoms with Crippen LogP contribution < -0.4 is 0 Å². The van der Waals surface area contributed by atoms with E-state index in [0.29, 0.717) is 0 Å². The van der Waals surface area contributed by atoms with Gasteiger partial charge in [0, 0.05) is 0 Å². The second-order valence-electron chi connectivity index (χ2n) is 7.19. The van der Waals surface area contributed by atoms with Crippen molar-refractivity contribution >= 4 is 0 Å². The van der Waals surface area contributed by atoms with E-state index in [4.69, 9.17) is 14.2 Å². The highest BCUT2D eigenvalue weighted by atomic mass is 16.6. The number of hydrogen-bond donors (Lipinski definition) is 10. The van der Waals surface area contributed by atoms with E-state index in [-0.39, 0.29) is 26.4 Å². The Kier molecular flexibility index (Phi) is 16.0.